The Labute approximate surface area is 128 Å². The van der Waals surface area contributed by atoms with Crippen molar-refractivity contribution in [1.82, 2.24) is 0 Å². The zero-order valence-electron chi connectivity index (χ0n) is 13.3. The van der Waals surface area contributed by atoms with Gasteiger partial charge in [-0.05, 0) is 55.8 Å². The number of aliphatic hydroxyl groups is 1. The summed E-state index contributed by atoms with van der Waals surface area (Å²) in [5, 5.41) is 8.59. The van der Waals surface area contributed by atoms with E-state index in [1.165, 1.54) is 32.1 Å². The largest absolute Gasteiger partial charge is 0.394 e. The van der Waals surface area contributed by atoms with E-state index in [1.807, 2.05) is 0 Å². The minimum atomic E-state index is 0.0774. The van der Waals surface area contributed by atoms with E-state index in [9.17, 15) is 0 Å². The minimum Gasteiger partial charge on any atom is -0.394 e. The van der Waals surface area contributed by atoms with Gasteiger partial charge in [-0.2, -0.15) is 0 Å². The Balaban J connectivity index is 1.32. The Kier molecular flexibility index (Phi) is 5.20. The van der Waals surface area contributed by atoms with Crippen LogP contribution >= 0.6 is 0 Å². The van der Waals surface area contributed by atoms with Gasteiger partial charge in [0.25, 0.3) is 0 Å². The average Bonchev–Trinajstić information content (AvgIpc) is 2.63. The Morgan fingerprint density at radius 1 is 0.952 bits per heavy atom. The van der Waals surface area contributed by atoms with Crippen molar-refractivity contribution in [2.24, 2.45) is 23.7 Å². The van der Waals surface area contributed by atoms with Gasteiger partial charge in [-0.3, -0.25) is 0 Å². The molecule has 0 aromatic carbocycles. The molecule has 3 aliphatic carbocycles. The predicted octanol–water partition coefficient (Wildman–Crippen LogP) is 2.24. The molecule has 0 aliphatic heterocycles. The van der Waals surface area contributed by atoms with Crippen LogP contribution in [0.3, 0.4) is 0 Å². The SMILES string of the molecule is CC1CC2CC3C(C1)CC3(OCCOCCOCCO)C2. The van der Waals surface area contributed by atoms with Crippen molar-refractivity contribution in [2.45, 2.75) is 44.6 Å². The molecule has 3 fully saturated rings. The van der Waals surface area contributed by atoms with Gasteiger partial charge >= 0.3 is 0 Å². The fourth-order valence-electron chi connectivity index (χ4n) is 5.10. The highest BCUT2D eigenvalue weighted by atomic mass is 16.6. The third-order valence-corrected chi connectivity index (χ3v) is 5.74. The number of ether oxygens (including phenoxy) is 3. The van der Waals surface area contributed by atoms with Crippen molar-refractivity contribution >= 4 is 0 Å². The maximum Gasteiger partial charge on any atom is 0.0719 e. The third-order valence-electron chi connectivity index (χ3n) is 5.74. The summed E-state index contributed by atoms with van der Waals surface area (Å²) in [6.07, 6.45) is 6.82. The lowest BCUT2D eigenvalue weighted by Gasteiger charge is -2.52. The highest BCUT2D eigenvalue weighted by Crippen LogP contribution is 2.63. The van der Waals surface area contributed by atoms with Crippen molar-refractivity contribution in [3.8, 4) is 0 Å². The average molecular weight is 298 g/mol. The molecule has 3 saturated carbocycles. The van der Waals surface area contributed by atoms with Crippen molar-refractivity contribution < 1.29 is 19.3 Å². The number of hydrogen-bond acceptors (Lipinski definition) is 4. The summed E-state index contributed by atoms with van der Waals surface area (Å²) >= 11 is 0. The van der Waals surface area contributed by atoms with Gasteiger partial charge in [0.2, 0.25) is 0 Å². The molecule has 5 atom stereocenters. The minimum absolute atomic E-state index is 0.0774. The van der Waals surface area contributed by atoms with Crippen molar-refractivity contribution in [3.05, 3.63) is 0 Å². The lowest BCUT2D eigenvalue weighted by atomic mass is 9.60. The zero-order chi connectivity index (χ0) is 14.7. The molecule has 0 saturated heterocycles. The van der Waals surface area contributed by atoms with Crippen LogP contribution in [0.15, 0.2) is 0 Å². The first-order valence-electron chi connectivity index (χ1n) is 8.64. The van der Waals surface area contributed by atoms with Gasteiger partial charge in [-0.1, -0.05) is 6.92 Å². The van der Waals surface area contributed by atoms with Crippen LogP contribution in [0.2, 0.25) is 0 Å². The highest BCUT2D eigenvalue weighted by molar-refractivity contribution is 5.11. The van der Waals surface area contributed by atoms with Gasteiger partial charge in [-0.25, -0.2) is 0 Å². The highest BCUT2D eigenvalue weighted by Gasteiger charge is 2.61. The van der Waals surface area contributed by atoms with E-state index in [1.54, 1.807) is 0 Å². The molecular weight excluding hydrogens is 268 g/mol. The molecule has 3 rings (SSSR count). The Morgan fingerprint density at radius 3 is 2.52 bits per heavy atom. The second-order valence-corrected chi connectivity index (χ2v) is 7.31. The molecule has 4 heteroatoms. The molecule has 0 heterocycles. The molecule has 1 N–H and O–H groups in total. The molecule has 2 bridgehead atoms. The number of fused-ring (bicyclic) bond motifs is 1. The predicted molar refractivity (Wildman–Crippen MR) is 80.1 cm³/mol. The van der Waals surface area contributed by atoms with Gasteiger partial charge < -0.3 is 19.3 Å². The van der Waals surface area contributed by atoms with Crippen LogP contribution in [0.1, 0.15) is 39.0 Å². The molecule has 3 aliphatic rings. The summed E-state index contributed by atoms with van der Waals surface area (Å²) in [4.78, 5) is 0. The molecular formula is C17H30O4. The summed E-state index contributed by atoms with van der Waals surface area (Å²) in [7, 11) is 0. The van der Waals surface area contributed by atoms with Crippen LogP contribution in [0, 0.1) is 23.7 Å². The molecule has 0 aromatic rings. The van der Waals surface area contributed by atoms with Crippen LogP contribution in [0.5, 0.6) is 0 Å². The quantitative estimate of drug-likeness (QED) is 0.663. The normalized spacial score (nSPS) is 40.9. The molecule has 4 nitrogen and oxygen atoms in total. The summed E-state index contributed by atoms with van der Waals surface area (Å²) in [5.41, 5.74) is 0.215. The number of hydrogen-bond donors (Lipinski definition) is 1. The van der Waals surface area contributed by atoms with Crippen LogP contribution < -0.4 is 0 Å². The van der Waals surface area contributed by atoms with Gasteiger partial charge in [0.1, 0.15) is 0 Å². The number of aliphatic hydroxyl groups excluding tert-OH is 1. The smallest absolute Gasteiger partial charge is 0.0719 e. The Bertz CT molecular complexity index is 331. The second kappa shape index (κ2) is 6.95. The van der Waals surface area contributed by atoms with Gasteiger partial charge in [0.15, 0.2) is 0 Å². The molecule has 0 amide bonds. The van der Waals surface area contributed by atoms with Crippen LogP contribution in [0.25, 0.3) is 0 Å². The van der Waals surface area contributed by atoms with Crippen molar-refractivity contribution in [2.75, 3.05) is 39.6 Å². The van der Waals surface area contributed by atoms with E-state index in [0.29, 0.717) is 33.0 Å². The molecule has 5 unspecified atom stereocenters. The first-order chi connectivity index (χ1) is 10.2. The van der Waals surface area contributed by atoms with Crippen LogP contribution in [0.4, 0.5) is 0 Å². The van der Waals surface area contributed by atoms with E-state index in [0.717, 1.165) is 23.7 Å². The van der Waals surface area contributed by atoms with E-state index < -0.39 is 0 Å². The topological polar surface area (TPSA) is 47.9 Å². The Hall–Kier alpha value is -0.160. The van der Waals surface area contributed by atoms with Crippen molar-refractivity contribution in [3.63, 3.8) is 0 Å². The van der Waals surface area contributed by atoms with Crippen LogP contribution in [-0.4, -0.2) is 50.3 Å². The molecule has 122 valence electrons. The fourth-order valence-corrected chi connectivity index (χ4v) is 5.10. The lowest BCUT2D eigenvalue weighted by Crippen LogP contribution is -2.53. The van der Waals surface area contributed by atoms with E-state index in [2.05, 4.69) is 6.92 Å². The first-order valence-corrected chi connectivity index (χ1v) is 8.64. The first kappa shape index (κ1) is 15.7. The molecule has 0 radical (unpaired) electrons. The molecule has 0 spiro atoms. The van der Waals surface area contributed by atoms with Gasteiger partial charge in [-0.15, -0.1) is 0 Å². The molecule has 21 heavy (non-hydrogen) atoms. The number of rotatable bonds is 9. The second-order valence-electron chi connectivity index (χ2n) is 7.31. The lowest BCUT2D eigenvalue weighted by molar-refractivity contribution is -0.177. The fraction of sp³-hybridized carbons (Fsp3) is 1.00. The van der Waals surface area contributed by atoms with E-state index >= 15 is 0 Å². The third kappa shape index (κ3) is 3.44. The summed E-state index contributed by atoms with van der Waals surface area (Å²) in [5.74, 6) is 3.59. The van der Waals surface area contributed by atoms with E-state index in [-0.39, 0.29) is 12.2 Å². The van der Waals surface area contributed by atoms with Gasteiger partial charge in [0, 0.05) is 0 Å². The Morgan fingerprint density at radius 2 is 1.71 bits per heavy atom. The van der Waals surface area contributed by atoms with Crippen LogP contribution in [-0.2, 0) is 14.2 Å². The summed E-state index contributed by atoms with van der Waals surface area (Å²) in [6, 6.07) is 0. The maximum absolute atomic E-state index is 8.59. The summed E-state index contributed by atoms with van der Waals surface area (Å²) in [6.45, 7) is 5.40. The van der Waals surface area contributed by atoms with Gasteiger partial charge in [0.05, 0.1) is 45.2 Å². The zero-order valence-corrected chi connectivity index (χ0v) is 13.3. The maximum atomic E-state index is 8.59. The monoisotopic (exact) mass is 298 g/mol. The van der Waals surface area contributed by atoms with E-state index in [4.69, 9.17) is 19.3 Å². The van der Waals surface area contributed by atoms with Crippen molar-refractivity contribution in [1.29, 1.82) is 0 Å². The summed E-state index contributed by atoms with van der Waals surface area (Å²) < 4.78 is 17.0. The molecule has 0 aromatic heterocycles. The standard InChI is InChI=1S/C17H30O4/c1-13-8-14-10-16-15(9-13)12-17(16,11-14)21-7-6-20-5-4-19-3-2-18/h13-16,18H,2-12H2,1H3.